The van der Waals surface area contributed by atoms with Gasteiger partial charge in [0.15, 0.2) is 18.1 Å². The predicted octanol–water partition coefficient (Wildman–Crippen LogP) is 3.74. The summed E-state index contributed by atoms with van der Waals surface area (Å²) in [6.07, 6.45) is 5.13. The van der Waals surface area contributed by atoms with E-state index in [4.69, 9.17) is 18.9 Å². The molecular weight excluding hydrogens is 398 g/mol. The summed E-state index contributed by atoms with van der Waals surface area (Å²) in [5, 5.41) is 0. The van der Waals surface area contributed by atoms with Crippen LogP contribution in [0.3, 0.4) is 0 Å². The van der Waals surface area contributed by atoms with Gasteiger partial charge in [0.1, 0.15) is 0 Å². The third-order valence-corrected chi connectivity index (χ3v) is 5.46. The van der Waals surface area contributed by atoms with Crippen LogP contribution in [-0.2, 0) is 20.8 Å². The maximum Gasteiger partial charge on any atom is 0.331 e. The van der Waals surface area contributed by atoms with E-state index in [1.54, 1.807) is 31.4 Å². The molecule has 31 heavy (non-hydrogen) atoms. The number of rotatable bonds is 9. The number of aryl methyl sites for hydroxylation is 1. The summed E-state index contributed by atoms with van der Waals surface area (Å²) in [5.74, 6) is 0.245. The average Bonchev–Trinajstić information content (AvgIpc) is 3.39. The van der Waals surface area contributed by atoms with Gasteiger partial charge in [-0.15, -0.1) is 0 Å². The Balaban J connectivity index is 1.61. The van der Waals surface area contributed by atoms with E-state index in [1.165, 1.54) is 13.2 Å². The van der Waals surface area contributed by atoms with Gasteiger partial charge < -0.3 is 23.5 Å². The van der Waals surface area contributed by atoms with Crippen molar-refractivity contribution in [2.75, 3.05) is 27.4 Å². The lowest BCUT2D eigenvalue weighted by atomic mass is 10.1. The Morgan fingerprint density at radius 1 is 1.23 bits per heavy atom. The lowest BCUT2D eigenvalue weighted by Gasteiger charge is -2.14. The van der Waals surface area contributed by atoms with Gasteiger partial charge in [-0.05, 0) is 44.9 Å². The fraction of sp³-hybridized carbons (Fsp3) is 0.417. The molecule has 166 valence electrons. The van der Waals surface area contributed by atoms with Gasteiger partial charge in [-0.2, -0.15) is 0 Å². The molecule has 0 aliphatic carbocycles. The Hall–Kier alpha value is -3.06. The van der Waals surface area contributed by atoms with E-state index in [9.17, 15) is 9.59 Å². The number of hydrogen-bond donors (Lipinski definition) is 0. The van der Waals surface area contributed by atoms with Gasteiger partial charge in [-0.1, -0.05) is 12.1 Å². The molecule has 1 fully saturated rings. The number of carbonyl (C=O) groups excluding carboxylic acids is 2. The highest BCUT2D eigenvalue weighted by Crippen LogP contribution is 2.31. The van der Waals surface area contributed by atoms with Crippen molar-refractivity contribution in [3.8, 4) is 11.5 Å². The fourth-order valence-electron chi connectivity index (χ4n) is 3.82. The number of ether oxygens (including phenoxy) is 4. The second kappa shape index (κ2) is 10.3. The van der Waals surface area contributed by atoms with Crippen LogP contribution in [0.1, 0.15) is 40.2 Å². The summed E-state index contributed by atoms with van der Waals surface area (Å²) in [4.78, 5) is 24.8. The van der Waals surface area contributed by atoms with Crippen molar-refractivity contribution in [1.82, 2.24) is 4.57 Å². The molecule has 1 aromatic heterocycles. The first kappa shape index (κ1) is 22.6. The number of hydrogen-bond acceptors (Lipinski definition) is 6. The molecule has 0 saturated carbocycles. The summed E-state index contributed by atoms with van der Waals surface area (Å²) in [6, 6.07) is 7.20. The predicted molar refractivity (Wildman–Crippen MR) is 117 cm³/mol. The minimum absolute atomic E-state index is 0.185. The molecule has 2 heterocycles. The van der Waals surface area contributed by atoms with E-state index in [1.807, 2.05) is 19.9 Å². The Kier molecular flexibility index (Phi) is 7.52. The number of para-hydroxylation sites is 1. The standard InChI is InChI=1S/C24H29NO6/c1-16-13-20(17(2)25(16)14-19-8-6-12-30-19)21(26)15-31-23(27)11-10-18-7-5-9-22(28-3)24(18)29-4/h5,7,9-11,13,19H,6,8,12,14-15H2,1-4H3/b11-10+/t19-/m0/s1. The largest absolute Gasteiger partial charge is 0.493 e. The van der Waals surface area contributed by atoms with Gasteiger partial charge in [0.05, 0.1) is 20.3 Å². The smallest absolute Gasteiger partial charge is 0.331 e. The molecule has 1 aliphatic rings. The molecule has 1 aliphatic heterocycles. The third kappa shape index (κ3) is 5.35. The number of esters is 1. The maximum atomic E-state index is 12.6. The van der Waals surface area contributed by atoms with Gasteiger partial charge in [-0.25, -0.2) is 4.79 Å². The van der Waals surface area contributed by atoms with E-state index in [2.05, 4.69) is 4.57 Å². The van der Waals surface area contributed by atoms with Crippen LogP contribution in [0.4, 0.5) is 0 Å². The minimum Gasteiger partial charge on any atom is -0.493 e. The van der Waals surface area contributed by atoms with Crippen LogP contribution >= 0.6 is 0 Å². The lowest BCUT2D eigenvalue weighted by molar-refractivity contribution is -0.136. The zero-order chi connectivity index (χ0) is 22.4. The number of ketones is 1. The first-order chi connectivity index (χ1) is 14.9. The molecule has 0 radical (unpaired) electrons. The molecule has 0 spiro atoms. The molecule has 0 unspecified atom stereocenters. The monoisotopic (exact) mass is 427 g/mol. The van der Waals surface area contributed by atoms with Crippen molar-refractivity contribution in [2.45, 2.75) is 39.3 Å². The van der Waals surface area contributed by atoms with E-state index in [-0.39, 0.29) is 18.5 Å². The molecule has 2 aromatic rings. The number of carbonyl (C=O) groups is 2. The molecule has 0 amide bonds. The molecule has 0 N–H and O–H groups in total. The molecule has 1 aromatic carbocycles. The molecule has 7 nitrogen and oxygen atoms in total. The van der Waals surface area contributed by atoms with Crippen molar-refractivity contribution >= 4 is 17.8 Å². The number of nitrogens with zero attached hydrogens (tertiary/aromatic N) is 1. The average molecular weight is 427 g/mol. The van der Waals surface area contributed by atoms with Crippen LogP contribution in [0.25, 0.3) is 6.08 Å². The second-order valence-corrected chi connectivity index (χ2v) is 7.48. The first-order valence-electron chi connectivity index (χ1n) is 10.3. The molecule has 1 atom stereocenters. The normalized spacial score (nSPS) is 15.9. The SMILES string of the molecule is COc1cccc(/C=C/C(=O)OCC(=O)c2cc(C)n(C[C@@H]3CCCO3)c2C)c1OC. The second-order valence-electron chi connectivity index (χ2n) is 7.48. The highest BCUT2D eigenvalue weighted by molar-refractivity contribution is 6.00. The molecule has 0 bridgehead atoms. The van der Waals surface area contributed by atoms with Crippen LogP contribution < -0.4 is 9.47 Å². The molecule has 1 saturated heterocycles. The van der Waals surface area contributed by atoms with Crippen LogP contribution in [0.5, 0.6) is 11.5 Å². The van der Waals surface area contributed by atoms with Crippen LogP contribution in [-0.4, -0.2) is 49.9 Å². The van der Waals surface area contributed by atoms with Crippen LogP contribution in [0.15, 0.2) is 30.3 Å². The Labute approximate surface area is 182 Å². The van der Waals surface area contributed by atoms with Crippen molar-refractivity contribution < 1.29 is 28.5 Å². The third-order valence-electron chi connectivity index (χ3n) is 5.46. The maximum absolute atomic E-state index is 12.6. The lowest BCUT2D eigenvalue weighted by Crippen LogP contribution is -2.18. The van der Waals surface area contributed by atoms with E-state index in [0.717, 1.165) is 37.4 Å². The highest BCUT2D eigenvalue weighted by atomic mass is 16.5. The molecule has 3 rings (SSSR count). The summed E-state index contributed by atoms with van der Waals surface area (Å²) < 4.78 is 23.6. The van der Waals surface area contributed by atoms with E-state index >= 15 is 0 Å². The van der Waals surface area contributed by atoms with Crippen molar-refractivity contribution in [1.29, 1.82) is 0 Å². The van der Waals surface area contributed by atoms with Crippen molar-refractivity contribution in [3.05, 3.63) is 52.9 Å². The van der Waals surface area contributed by atoms with Crippen molar-refractivity contribution in [3.63, 3.8) is 0 Å². The first-order valence-corrected chi connectivity index (χ1v) is 10.3. The Bertz CT molecular complexity index is 969. The van der Waals surface area contributed by atoms with Gasteiger partial charge >= 0.3 is 5.97 Å². The topological polar surface area (TPSA) is 76.0 Å². The zero-order valence-electron chi connectivity index (χ0n) is 18.5. The number of Topliss-reactive ketones (excluding diaryl/α,β-unsaturated/α-hetero) is 1. The summed E-state index contributed by atoms with van der Waals surface area (Å²) in [7, 11) is 3.07. The van der Waals surface area contributed by atoms with Gasteiger partial charge in [0, 0.05) is 41.7 Å². The summed E-state index contributed by atoms with van der Waals surface area (Å²) in [5.41, 5.74) is 3.10. The Morgan fingerprint density at radius 3 is 2.71 bits per heavy atom. The summed E-state index contributed by atoms with van der Waals surface area (Å²) >= 11 is 0. The number of methoxy groups -OCH3 is 2. The minimum atomic E-state index is -0.605. The fourth-order valence-corrected chi connectivity index (χ4v) is 3.82. The van der Waals surface area contributed by atoms with Crippen LogP contribution in [0, 0.1) is 13.8 Å². The highest BCUT2D eigenvalue weighted by Gasteiger charge is 2.21. The van der Waals surface area contributed by atoms with E-state index < -0.39 is 5.97 Å². The molecular formula is C24H29NO6. The number of aromatic nitrogens is 1. The van der Waals surface area contributed by atoms with Gasteiger partial charge in [0.2, 0.25) is 5.78 Å². The van der Waals surface area contributed by atoms with Gasteiger partial charge in [0.25, 0.3) is 0 Å². The summed E-state index contributed by atoms with van der Waals surface area (Å²) in [6.45, 7) is 5.08. The Morgan fingerprint density at radius 2 is 2.03 bits per heavy atom. The van der Waals surface area contributed by atoms with Crippen molar-refractivity contribution in [2.24, 2.45) is 0 Å². The molecule has 7 heteroatoms. The van der Waals surface area contributed by atoms with Crippen LogP contribution in [0.2, 0.25) is 0 Å². The van der Waals surface area contributed by atoms with E-state index in [0.29, 0.717) is 22.6 Å². The quantitative estimate of drug-likeness (QED) is 0.345. The zero-order valence-corrected chi connectivity index (χ0v) is 18.5. The number of benzene rings is 1. The van der Waals surface area contributed by atoms with Gasteiger partial charge in [-0.3, -0.25) is 4.79 Å².